The average molecular weight is 285 g/mol. The minimum atomic E-state index is -0.369. The number of carbonyl (C=O) groups is 2. The number of piperidine rings is 1. The minimum absolute atomic E-state index is 0.211. The molecule has 1 aliphatic heterocycles. The van der Waals surface area contributed by atoms with Gasteiger partial charge in [0, 0.05) is 18.2 Å². The molecule has 1 aliphatic rings. The van der Waals surface area contributed by atoms with Crippen molar-refractivity contribution in [2.45, 2.75) is 17.2 Å². The summed E-state index contributed by atoms with van der Waals surface area (Å²) in [6.45, 7) is 0. The number of halogens is 2. The molecule has 1 rings (SSSR count). The summed E-state index contributed by atoms with van der Waals surface area (Å²) in [7, 11) is 0. The van der Waals surface area contributed by atoms with Crippen molar-refractivity contribution in [3.63, 3.8) is 0 Å². The Hall–Kier alpha value is 0.1000. The van der Waals surface area contributed by atoms with E-state index in [4.69, 9.17) is 0 Å². The van der Waals surface area contributed by atoms with Gasteiger partial charge in [-0.1, -0.05) is 31.9 Å². The summed E-state index contributed by atoms with van der Waals surface area (Å²) in [6, 6.07) is 0. The van der Waals surface area contributed by atoms with Gasteiger partial charge in [0.15, 0.2) is 0 Å². The Kier molecular flexibility index (Phi) is 2.70. The SMILES string of the molecule is O=C1CC(Br)(CBr)CC(=O)N1. The Morgan fingerprint density at radius 1 is 1.36 bits per heavy atom. The Balaban J connectivity index is 2.70. The number of hydrogen-bond donors (Lipinski definition) is 1. The Bertz CT molecular complexity index is 189. The normalized spacial score (nSPS) is 23.1. The van der Waals surface area contributed by atoms with Gasteiger partial charge in [-0.05, 0) is 0 Å². The second kappa shape index (κ2) is 3.23. The molecule has 1 N–H and O–H groups in total. The van der Waals surface area contributed by atoms with E-state index >= 15 is 0 Å². The summed E-state index contributed by atoms with van der Waals surface area (Å²) in [4.78, 5) is 21.7. The second-order valence-electron chi connectivity index (χ2n) is 2.61. The van der Waals surface area contributed by atoms with Crippen molar-refractivity contribution in [2.24, 2.45) is 0 Å². The summed E-state index contributed by atoms with van der Waals surface area (Å²) < 4.78 is -0.369. The van der Waals surface area contributed by atoms with Gasteiger partial charge in [0.05, 0.1) is 4.32 Å². The zero-order valence-corrected chi connectivity index (χ0v) is 8.87. The molecule has 62 valence electrons. The Labute approximate surface area is 81.2 Å². The van der Waals surface area contributed by atoms with Crippen LogP contribution in [0, 0.1) is 0 Å². The molecule has 0 bridgehead atoms. The van der Waals surface area contributed by atoms with Crippen molar-refractivity contribution in [1.82, 2.24) is 5.32 Å². The Morgan fingerprint density at radius 2 is 1.82 bits per heavy atom. The summed E-state index contributed by atoms with van der Waals surface area (Å²) in [5, 5.41) is 2.85. The molecule has 3 nitrogen and oxygen atoms in total. The summed E-state index contributed by atoms with van der Waals surface area (Å²) in [5.41, 5.74) is 0. The molecular weight excluding hydrogens is 278 g/mol. The summed E-state index contributed by atoms with van der Waals surface area (Å²) in [5.74, 6) is -0.421. The number of rotatable bonds is 1. The molecule has 0 saturated carbocycles. The molecular formula is C6H7Br2NO2. The highest BCUT2D eigenvalue weighted by molar-refractivity contribution is 9.12. The molecule has 1 saturated heterocycles. The number of alkyl halides is 2. The van der Waals surface area contributed by atoms with Crippen LogP contribution < -0.4 is 5.32 Å². The van der Waals surface area contributed by atoms with Crippen molar-refractivity contribution >= 4 is 43.7 Å². The standard InChI is InChI=1S/C6H7Br2NO2/c7-3-6(8)1-4(10)9-5(11)2-6/h1-3H2,(H,9,10,11). The molecule has 0 aromatic rings. The van der Waals surface area contributed by atoms with Gasteiger partial charge in [-0.2, -0.15) is 0 Å². The summed E-state index contributed by atoms with van der Waals surface area (Å²) in [6.07, 6.45) is 0.702. The van der Waals surface area contributed by atoms with Crippen molar-refractivity contribution in [1.29, 1.82) is 0 Å². The van der Waals surface area contributed by atoms with Crippen molar-refractivity contribution in [3.8, 4) is 0 Å². The van der Waals surface area contributed by atoms with Gasteiger partial charge < -0.3 is 0 Å². The molecule has 11 heavy (non-hydrogen) atoms. The molecule has 5 heteroatoms. The third-order valence-corrected chi connectivity index (χ3v) is 4.14. The molecule has 0 atom stereocenters. The monoisotopic (exact) mass is 283 g/mol. The molecule has 2 amide bonds. The van der Waals surface area contributed by atoms with Crippen LogP contribution in [-0.4, -0.2) is 21.5 Å². The maximum absolute atomic E-state index is 10.9. The van der Waals surface area contributed by atoms with E-state index in [0.29, 0.717) is 18.2 Å². The molecule has 0 spiro atoms. The van der Waals surface area contributed by atoms with Crippen molar-refractivity contribution in [2.75, 3.05) is 5.33 Å². The largest absolute Gasteiger partial charge is 0.296 e. The predicted molar refractivity (Wildman–Crippen MR) is 47.8 cm³/mol. The topological polar surface area (TPSA) is 46.2 Å². The third kappa shape index (κ3) is 2.27. The van der Waals surface area contributed by atoms with Crippen LogP contribution in [0.1, 0.15) is 12.8 Å². The minimum Gasteiger partial charge on any atom is -0.296 e. The second-order valence-corrected chi connectivity index (χ2v) is 4.85. The molecule has 0 aromatic heterocycles. The van der Waals surface area contributed by atoms with E-state index in [2.05, 4.69) is 37.2 Å². The maximum atomic E-state index is 10.9. The van der Waals surface area contributed by atoms with Gasteiger partial charge in [0.1, 0.15) is 0 Å². The van der Waals surface area contributed by atoms with Crippen LogP contribution in [0.2, 0.25) is 0 Å². The van der Waals surface area contributed by atoms with Gasteiger partial charge in [-0.25, -0.2) is 0 Å². The molecule has 0 unspecified atom stereocenters. The van der Waals surface area contributed by atoms with Crippen LogP contribution in [-0.2, 0) is 9.59 Å². The predicted octanol–water partition coefficient (Wildman–Crippen LogP) is 0.952. The van der Waals surface area contributed by atoms with E-state index in [9.17, 15) is 9.59 Å². The average Bonchev–Trinajstić information content (AvgIpc) is 1.84. The van der Waals surface area contributed by atoms with Gasteiger partial charge in [0.25, 0.3) is 0 Å². The zero-order valence-electron chi connectivity index (χ0n) is 5.69. The Morgan fingerprint density at radius 3 is 2.18 bits per heavy atom. The van der Waals surface area contributed by atoms with Crippen LogP contribution in [0.5, 0.6) is 0 Å². The fourth-order valence-electron chi connectivity index (χ4n) is 0.976. The van der Waals surface area contributed by atoms with Gasteiger partial charge in [0.2, 0.25) is 11.8 Å². The number of amides is 2. The first-order chi connectivity index (χ1) is 5.06. The quantitative estimate of drug-likeness (QED) is 0.576. The number of carbonyl (C=O) groups excluding carboxylic acids is 2. The lowest BCUT2D eigenvalue weighted by molar-refractivity contribution is -0.133. The smallest absolute Gasteiger partial charge is 0.228 e. The van der Waals surface area contributed by atoms with Gasteiger partial charge in [-0.15, -0.1) is 0 Å². The lowest BCUT2D eigenvalue weighted by Gasteiger charge is -2.27. The van der Waals surface area contributed by atoms with Crippen LogP contribution in [0.15, 0.2) is 0 Å². The van der Waals surface area contributed by atoms with Crippen LogP contribution in [0.25, 0.3) is 0 Å². The lowest BCUT2D eigenvalue weighted by Crippen LogP contribution is -2.46. The fraction of sp³-hybridized carbons (Fsp3) is 0.667. The van der Waals surface area contributed by atoms with Crippen LogP contribution >= 0.6 is 31.9 Å². The van der Waals surface area contributed by atoms with Crippen LogP contribution in [0.4, 0.5) is 0 Å². The highest BCUT2D eigenvalue weighted by atomic mass is 79.9. The molecule has 0 aromatic carbocycles. The highest BCUT2D eigenvalue weighted by Crippen LogP contribution is 2.31. The summed E-state index contributed by atoms with van der Waals surface area (Å²) >= 11 is 6.59. The first-order valence-electron chi connectivity index (χ1n) is 3.13. The van der Waals surface area contributed by atoms with Crippen LogP contribution in [0.3, 0.4) is 0 Å². The number of imide groups is 1. The van der Waals surface area contributed by atoms with Crippen molar-refractivity contribution in [3.05, 3.63) is 0 Å². The zero-order chi connectivity index (χ0) is 8.48. The van der Waals surface area contributed by atoms with E-state index in [1.807, 2.05) is 0 Å². The number of nitrogens with one attached hydrogen (secondary N) is 1. The molecule has 0 radical (unpaired) electrons. The van der Waals surface area contributed by atoms with Gasteiger partial charge in [-0.3, -0.25) is 14.9 Å². The van der Waals surface area contributed by atoms with E-state index in [1.54, 1.807) is 0 Å². The first kappa shape index (κ1) is 9.19. The number of hydrogen-bond acceptors (Lipinski definition) is 2. The van der Waals surface area contributed by atoms with Crippen molar-refractivity contribution < 1.29 is 9.59 Å². The first-order valence-corrected chi connectivity index (χ1v) is 5.05. The van der Waals surface area contributed by atoms with Gasteiger partial charge >= 0.3 is 0 Å². The van der Waals surface area contributed by atoms with E-state index in [1.165, 1.54) is 0 Å². The van der Waals surface area contributed by atoms with E-state index in [0.717, 1.165) is 0 Å². The molecule has 0 aliphatic carbocycles. The lowest BCUT2D eigenvalue weighted by atomic mass is 9.99. The highest BCUT2D eigenvalue weighted by Gasteiger charge is 2.36. The fourth-order valence-corrected chi connectivity index (χ4v) is 1.88. The third-order valence-electron chi connectivity index (χ3n) is 1.47. The van der Waals surface area contributed by atoms with E-state index < -0.39 is 0 Å². The van der Waals surface area contributed by atoms with E-state index in [-0.39, 0.29) is 16.1 Å². The maximum Gasteiger partial charge on any atom is 0.228 e. The molecule has 1 fully saturated rings. The molecule has 1 heterocycles.